The maximum atomic E-state index is 13.4. The van der Waals surface area contributed by atoms with Gasteiger partial charge in [0.05, 0.1) is 12.2 Å². The predicted octanol–water partition coefficient (Wildman–Crippen LogP) is 4.15. The van der Waals surface area contributed by atoms with E-state index in [1.54, 1.807) is 13.0 Å². The van der Waals surface area contributed by atoms with E-state index in [-0.39, 0.29) is 17.0 Å². The number of carbonyl (C=O) groups excluding carboxylic acids is 1. The first-order chi connectivity index (χ1) is 8.20. The Bertz CT molecular complexity index is 445. The van der Waals surface area contributed by atoms with Gasteiger partial charge in [-0.25, -0.2) is 4.39 Å². The summed E-state index contributed by atoms with van der Waals surface area (Å²) in [5.41, 5.74) is 0.976. The van der Waals surface area contributed by atoms with Crippen LogP contribution in [0.4, 0.5) is 4.39 Å². The lowest BCUT2D eigenvalue weighted by atomic mass is 9.93. The van der Waals surface area contributed by atoms with Crippen LogP contribution < -0.4 is 4.74 Å². The zero-order valence-electron chi connectivity index (χ0n) is 11.8. The van der Waals surface area contributed by atoms with Gasteiger partial charge in [-0.05, 0) is 43.4 Å². The van der Waals surface area contributed by atoms with Crippen LogP contribution >= 0.6 is 0 Å². The quantitative estimate of drug-likeness (QED) is 0.752. The van der Waals surface area contributed by atoms with Crippen LogP contribution in [0.3, 0.4) is 0 Å². The molecule has 1 aromatic rings. The van der Waals surface area contributed by atoms with Crippen LogP contribution in [0.25, 0.3) is 0 Å². The number of benzene rings is 1. The van der Waals surface area contributed by atoms with Crippen LogP contribution in [0.1, 0.15) is 50.0 Å². The third-order valence-electron chi connectivity index (χ3n) is 2.75. The molecule has 0 atom stereocenters. The van der Waals surface area contributed by atoms with E-state index < -0.39 is 0 Å². The van der Waals surface area contributed by atoms with Gasteiger partial charge in [0.1, 0.15) is 11.6 Å². The fourth-order valence-electron chi connectivity index (χ4n) is 1.52. The maximum absolute atomic E-state index is 13.4. The lowest BCUT2D eigenvalue weighted by molar-refractivity contribution is 0.101. The van der Waals surface area contributed by atoms with Crippen molar-refractivity contribution < 1.29 is 13.9 Å². The van der Waals surface area contributed by atoms with E-state index >= 15 is 0 Å². The number of hydrogen-bond donors (Lipinski definition) is 0. The van der Waals surface area contributed by atoms with Gasteiger partial charge in [-0.3, -0.25) is 4.79 Å². The van der Waals surface area contributed by atoms with E-state index in [1.807, 2.05) is 0 Å². The smallest absolute Gasteiger partial charge is 0.163 e. The van der Waals surface area contributed by atoms with Crippen molar-refractivity contribution in [3.05, 3.63) is 29.1 Å². The molecule has 0 bridgehead atoms. The Hall–Kier alpha value is -1.38. The van der Waals surface area contributed by atoms with Gasteiger partial charge in [0.15, 0.2) is 5.78 Å². The molecule has 0 radical (unpaired) electrons. The predicted molar refractivity (Wildman–Crippen MR) is 70.7 cm³/mol. The average Bonchev–Trinajstić information content (AvgIpc) is 2.20. The summed E-state index contributed by atoms with van der Waals surface area (Å²) in [7, 11) is 0. The number of ether oxygens (including phenoxy) is 1. The molecule has 0 aliphatic heterocycles. The second kappa shape index (κ2) is 5.51. The van der Waals surface area contributed by atoms with Gasteiger partial charge in [-0.1, -0.05) is 20.8 Å². The topological polar surface area (TPSA) is 26.3 Å². The average molecular weight is 252 g/mol. The molecule has 1 aromatic carbocycles. The lowest BCUT2D eigenvalue weighted by Crippen LogP contribution is -2.12. The Balaban J connectivity index is 2.87. The van der Waals surface area contributed by atoms with Gasteiger partial charge < -0.3 is 4.74 Å². The molecular weight excluding hydrogens is 231 g/mol. The fourth-order valence-corrected chi connectivity index (χ4v) is 1.52. The van der Waals surface area contributed by atoms with Gasteiger partial charge in [-0.15, -0.1) is 0 Å². The number of halogens is 1. The number of aryl methyl sites for hydroxylation is 1. The first kappa shape index (κ1) is 14.7. The summed E-state index contributed by atoms with van der Waals surface area (Å²) in [6.07, 6.45) is 0.876. The Kier molecular flexibility index (Phi) is 4.49. The SMILES string of the molecule is CC(=O)c1cc(F)c(C)cc1OCCC(C)(C)C. The van der Waals surface area contributed by atoms with Crippen LogP contribution in [0.5, 0.6) is 5.75 Å². The largest absolute Gasteiger partial charge is 0.493 e. The first-order valence-electron chi connectivity index (χ1n) is 6.14. The summed E-state index contributed by atoms with van der Waals surface area (Å²) in [5, 5.41) is 0. The van der Waals surface area contributed by atoms with E-state index in [9.17, 15) is 9.18 Å². The number of carbonyl (C=O) groups is 1. The highest BCUT2D eigenvalue weighted by Gasteiger charge is 2.14. The Labute approximate surface area is 108 Å². The Morgan fingerprint density at radius 3 is 2.44 bits per heavy atom. The van der Waals surface area contributed by atoms with Gasteiger partial charge in [0.25, 0.3) is 0 Å². The first-order valence-corrected chi connectivity index (χ1v) is 6.14. The van der Waals surface area contributed by atoms with Crippen molar-refractivity contribution >= 4 is 5.78 Å². The van der Waals surface area contributed by atoms with Crippen molar-refractivity contribution in [3.8, 4) is 5.75 Å². The summed E-state index contributed by atoms with van der Waals surface area (Å²) < 4.78 is 19.0. The molecule has 0 fully saturated rings. The molecule has 0 amide bonds. The van der Waals surface area contributed by atoms with Crippen molar-refractivity contribution in [2.75, 3.05) is 6.61 Å². The zero-order valence-corrected chi connectivity index (χ0v) is 11.8. The van der Waals surface area contributed by atoms with Gasteiger partial charge in [0.2, 0.25) is 0 Å². The molecule has 0 heterocycles. The number of ketones is 1. The van der Waals surface area contributed by atoms with Gasteiger partial charge in [-0.2, -0.15) is 0 Å². The van der Waals surface area contributed by atoms with E-state index in [0.717, 1.165) is 6.42 Å². The van der Waals surface area contributed by atoms with E-state index in [2.05, 4.69) is 20.8 Å². The van der Waals surface area contributed by atoms with Gasteiger partial charge >= 0.3 is 0 Å². The monoisotopic (exact) mass is 252 g/mol. The molecule has 0 saturated heterocycles. The summed E-state index contributed by atoms with van der Waals surface area (Å²) in [5.74, 6) is -0.0753. The highest BCUT2D eigenvalue weighted by atomic mass is 19.1. The Morgan fingerprint density at radius 2 is 1.94 bits per heavy atom. The highest BCUT2D eigenvalue weighted by molar-refractivity contribution is 5.96. The minimum atomic E-state index is -0.372. The van der Waals surface area contributed by atoms with Crippen LogP contribution in [0.2, 0.25) is 0 Å². The number of rotatable bonds is 4. The molecule has 0 spiro atoms. The second-order valence-corrected chi connectivity index (χ2v) is 5.81. The zero-order chi connectivity index (χ0) is 13.9. The standard InChI is InChI=1S/C15H21FO2/c1-10-8-14(18-7-6-15(3,4)5)12(11(2)17)9-13(10)16/h8-9H,6-7H2,1-5H3. The van der Waals surface area contributed by atoms with Crippen molar-refractivity contribution in [2.24, 2.45) is 5.41 Å². The van der Waals surface area contributed by atoms with Crippen molar-refractivity contribution in [3.63, 3.8) is 0 Å². The molecule has 2 nitrogen and oxygen atoms in total. The van der Waals surface area contributed by atoms with E-state index in [0.29, 0.717) is 23.5 Å². The molecule has 0 aliphatic carbocycles. The molecule has 1 rings (SSSR count). The molecule has 0 aromatic heterocycles. The van der Waals surface area contributed by atoms with Crippen LogP contribution in [-0.4, -0.2) is 12.4 Å². The van der Waals surface area contributed by atoms with Crippen LogP contribution in [-0.2, 0) is 0 Å². The molecular formula is C15H21FO2. The van der Waals surface area contributed by atoms with Crippen LogP contribution in [0.15, 0.2) is 12.1 Å². The molecule has 100 valence electrons. The third-order valence-corrected chi connectivity index (χ3v) is 2.75. The molecule has 3 heteroatoms. The molecule has 0 aliphatic rings. The summed E-state index contributed by atoms with van der Waals surface area (Å²) in [6, 6.07) is 2.85. The Morgan fingerprint density at radius 1 is 1.33 bits per heavy atom. The highest BCUT2D eigenvalue weighted by Crippen LogP contribution is 2.25. The normalized spacial score (nSPS) is 11.4. The lowest BCUT2D eigenvalue weighted by Gasteiger charge is -2.19. The van der Waals surface area contributed by atoms with Gasteiger partial charge in [0, 0.05) is 0 Å². The maximum Gasteiger partial charge on any atom is 0.163 e. The minimum absolute atomic E-state index is 0.172. The number of Topliss-reactive ketones (excluding diaryl/α,β-unsaturated/α-hetero) is 1. The minimum Gasteiger partial charge on any atom is -0.493 e. The summed E-state index contributed by atoms with van der Waals surface area (Å²) in [4.78, 5) is 11.4. The van der Waals surface area contributed by atoms with Crippen molar-refractivity contribution in [1.29, 1.82) is 0 Å². The summed E-state index contributed by atoms with van der Waals surface area (Å²) >= 11 is 0. The number of hydrogen-bond acceptors (Lipinski definition) is 2. The van der Waals surface area contributed by atoms with E-state index in [4.69, 9.17) is 4.74 Å². The molecule has 18 heavy (non-hydrogen) atoms. The molecule has 0 unspecified atom stereocenters. The fraction of sp³-hybridized carbons (Fsp3) is 0.533. The molecule has 0 N–H and O–H groups in total. The second-order valence-electron chi connectivity index (χ2n) is 5.81. The summed E-state index contributed by atoms with van der Waals surface area (Å²) in [6.45, 7) is 9.97. The van der Waals surface area contributed by atoms with Crippen LogP contribution in [0, 0.1) is 18.2 Å². The van der Waals surface area contributed by atoms with Crippen molar-refractivity contribution in [1.82, 2.24) is 0 Å². The third kappa shape index (κ3) is 4.13. The molecule has 0 saturated carbocycles. The van der Waals surface area contributed by atoms with Crippen molar-refractivity contribution in [2.45, 2.75) is 41.0 Å². The van der Waals surface area contributed by atoms with E-state index in [1.165, 1.54) is 13.0 Å².